The summed E-state index contributed by atoms with van der Waals surface area (Å²) in [4.78, 5) is 14.3. The Morgan fingerprint density at radius 2 is 1.84 bits per heavy atom. The van der Waals surface area contributed by atoms with E-state index < -0.39 is 0 Å². The lowest BCUT2D eigenvalue weighted by Crippen LogP contribution is -2.48. The van der Waals surface area contributed by atoms with Gasteiger partial charge in [0.25, 0.3) is 5.91 Å². The SMILES string of the molecule is COCc1ccc(C(=O)N2CC(C)OC(C)C2)cc1. The summed E-state index contributed by atoms with van der Waals surface area (Å²) >= 11 is 0. The fourth-order valence-corrected chi connectivity index (χ4v) is 2.44. The molecule has 104 valence electrons. The van der Waals surface area contributed by atoms with E-state index in [0.29, 0.717) is 19.7 Å². The van der Waals surface area contributed by atoms with Crippen molar-refractivity contribution >= 4 is 5.91 Å². The molecular formula is C15H21NO3. The number of hydrogen-bond acceptors (Lipinski definition) is 3. The number of carbonyl (C=O) groups excluding carboxylic acids is 1. The third-order valence-electron chi connectivity index (χ3n) is 3.22. The highest BCUT2D eigenvalue weighted by Gasteiger charge is 2.26. The molecule has 4 nitrogen and oxygen atoms in total. The monoisotopic (exact) mass is 263 g/mol. The van der Waals surface area contributed by atoms with Crippen molar-refractivity contribution in [3.63, 3.8) is 0 Å². The van der Waals surface area contributed by atoms with Gasteiger partial charge in [-0.1, -0.05) is 12.1 Å². The molecule has 1 saturated heterocycles. The highest BCUT2D eigenvalue weighted by molar-refractivity contribution is 5.94. The predicted octanol–water partition coefficient (Wildman–Crippen LogP) is 2.08. The second-order valence-electron chi connectivity index (χ2n) is 5.10. The zero-order valence-electron chi connectivity index (χ0n) is 11.8. The molecule has 4 heteroatoms. The van der Waals surface area contributed by atoms with Crippen LogP contribution in [0.25, 0.3) is 0 Å². The number of morpholine rings is 1. The van der Waals surface area contributed by atoms with E-state index in [1.807, 2.05) is 43.0 Å². The Kier molecular flexibility index (Phi) is 4.56. The topological polar surface area (TPSA) is 38.8 Å². The highest BCUT2D eigenvalue weighted by Crippen LogP contribution is 2.15. The second-order valence-corrected chi connectivity index (χ2v) is 5.10. The van der Waals surface area contributed by atoms with Gasteiger partial charge in [-0.25, -0.2) is 0 Å². The van der Waals surface area contributed by atoms with Gasteiger partial charge in [-0.2, -0.15) is 0 Å². The van der Waals surface area contributed by atoms with E-state index in [1.54, 1.807) is 7.11 Å². The molecule has 19 heavy (non-hydrogen) atoms. The van der Waals surface area contributed by atoms with Crippen molar-refractivity contribution < 1.29 is 14.3 Å². The minimum absolute atomic E-state index is 0.0750. The van der Waals surface area contributed by atoms with Crippen LogP contribution in [0.1, 0.15) is 29.8 Å². The van der Waals surface area contributed by atoms with E-state index in [4.69, 9.17) is 9.47 Å². The third-order valence-corrected chi connectivity index (χ3v) is 3.22. The van der Waals surface area contributed by atoms with Crippen molar-refractivity contribution in [2.24, 2.45) is 0 Å². The van der Waals surface area contributed by atoms with Crippen molar-refractivity contribution in [3.8, 4) is 0 Å². The van der Waals surface area contributed by atoms with E-state index >= 15 is 0 Å². The van der Waals surface area contributed by atoms with E-state index in [1.165, 1.54) is 0 Å². The number of amides is 1. The summed E-state index contributed by atoms with van der Waals surface area (Å²) in [5, 5.41) is 0. The number of methoxy groups -OCH3 is 1. The Labute approximate surface area is 114 Å². The molecule has 2 atom stereocenters. The van der Waals surface area contributed by atoms with E-state index in [-0.39, 0.29) is 18.1 Å². The van der Waals surface area contributed by atoms with Crippen LogP contribution < -0.4 is 0 Å². The van der Waals surface area contributed by atoms with Crippen LogP contribution in [0.5, 0.6) is 0 Å². The molecule has 0 aromatic heterocycles. The molecule has 1 aliphatic heterocycles. The molecule has 0 bridgehead atoms. The lowest BCUT2D eigenvalue weighted by Gasteiger charge is -2.35. The number of hydrogen-bond donors (Lipinski definition) is 0. The molecule has 1 aliphatic rings. The summed E-state index contributed by atoms with van der Waals surface area (Å²) < 4.78 is 10.7. The number of carbonyl (C=O) groups is 1. The largest absolute Gasteiger partial charge is 0.380 e. The van der Waals surface area contributed by atoms with Crippen LogP contribution in [-0.4, -0.2) is 43.2 Å². The smallest absolute Gasteiger partial charge is 0.254 e. The molecule has 0 N–H and O–H groups in total. The summed E-state index contributed by atoms with van der Waals surface area (Å²) in [7, 11) is 1.66. The van der Waals surface area contributed by atoms with E-state index in [9.17, 15) is 4.79 Å². The molecule has 0 spiro atoms. The normalized spacial score (nSPS) is 23.4. The summed E-state index contributed by atoms with van der Waals surface area (Å²) in [6, 6.07) is 7.59. The van der Waals surface area contributed by atoms with E-state index in [0.717, 1.165) is 11.1 Å². The van der Waals surface area contributed by atoms with Gasteiger partial charge in [0.1, 0.15) is 0 Å². The van der Waals surface area contributed by atoms with Gasteiger partial charge in [-0.15, -0.1) is 0 Å². The highest BCUT2D eigenvalue weighted by atomic mass is 16.5. The van der Waals surface area contributed by atoms with Gasteiger partial charge < -0.3 is 14.4 Å². The average Bonchev–Trinajstić information content (AvgIpc) is 2.38. The van der Waals surface area contributed by atoms with Crippen molar-refractivity contribution in [1.29, 1.82) is 0 Å². The van der Waals surface area contributed by atoms with Crippen LogP contribution >= 0.6 is 0 Å². The molecule has 0 radical (unpaired) electrons. The standard InChI is InChI=1S/C15H21NO3/c1-11-8-16(9-12(2)19-11)15(17)14-6-4-13(5-7-14)10-18-3/h4-7,11-12H,8-10H2,1-3H3. The molecule has 2 rings (SSSR count). The molecular weight excluding hydrogens is 242 g/mol. The van der Waals surface area contributed by atoms with Crippen LogP contribution in [0.2, 0.25) is 0 Å². The third kappa shape index (κ3) is 3.55. The predicted molar refractivity (Wildman–Crippen MR) is 73.1 cm³/mol. The molecule has 1 aromatic rings. The summed E-state index contributed by atoms with van der Waals surface area (Å²) in [5.74, 6) is 0.0750. The first-order chi connectivity index (χ1) is 9.10. The molecule has 1 heterocycles. The van der Waals surface area contributed by atoms with Crippen LogP contribution in [-0.2, 0) is 16.1 Å². The number of ether oxygens (including phenoxy) is 2. The second kappa shape index (κ2) is 6.17. The van der Waals surface area contributed by atoms with Gasteiger partial charge >= 0.3 is 0 Å². The molecule has 1 amide bonds. The first-order valence-corrected chi connectivity index (χ1v) is 6.62. The van der Waals surface area contributed by atoms with Crippen LogP contribution in [0.4, 0.5) is 0 Å². The van der Waals surface area contributed by atoms with Crippen molar-refractivity contribution in [2.45, 2.75) is 32.7 Å². The number of benzene rings is 1. The molecule has 0 aliphatic carbocycles. The summed E-state index contributed by atoms with van der Waals surface area (Å²) in [5.41, 5.74) is 1.80. The van der Waals surface area contributed by atoms with Gasteiger partial charge in [0.15, 0.2) is 0 Å². The Balaban J connectivity index is 2.06. The molecule has 0 saturated carbocycles. The van der Waals surface area contributed by atoms with Crippen molar-refractivity contribution in [1.82, 2.24) is 4.90 Å². The summed E-state index contributed by atoms with van der Waals surface area (Å²) in [6.07, 6.45) is 0.195. The molecule has 1 aromatic carbocycles. The maximum Gasteiger partial charge on any atom is 0.254 e. The first-order valence-electron chi connectivity index (χ1n) is 6.62. The first kappa shape index (κ1) is 14.0. The zero-order valence-corrected chi connectivity index (χ0v) is 11.8. The summed E-state index contributed by atoms with van der Waals surface area (Å²) in [6.45, 7) is 5.88. The zero-order chi connectivity index (χ0) is 13.8. The van der Waals surface area contributed by atoms with Crippen LogP contribution in [0.3, 0.4) is 0 Å². The van der Waals surface area contributed by atoms with Gasteiger partial charge in [-0.05, 0) is 31.5 Å². The Morgan fingerprint density at radius 1 is 1.26 bits per heavy atom. The van der Waals surface area contributed by atoms with Crippen molar-refractivity contribution in [3.05, 3.63) is 35.4 Å². The van der Waals surface area contributed by atoms with E-state index in [2.05, 4.69) is 0 Å². The van der Waals surface area contributed by atoms with Gasteiger partial charge in [0, 0.05) is 25.8 Å². The minimum Gasteiger partial charge on any atom is -0.380 e. The lowest BCUT2D eigenvalue weighted by atomic mass is 10.1. The van der Waals surface area contributed by atoms with Gasteiger partial charge in [0.2, 0.25) is 0 Å². The Bertz CT molecular complexity index is 420. The van der Waals surface area contributed by atoms with Crippen LogP contribution in [0, 0.1) is 0 Å². The van der Waals surface area contributed by atoms with Crippen molar-refractivity contribution in [2.75, 3.05) is 20.2 Å². The van der Waals surface area contributed by atoms with Gasteiger partial charge in [0.05, 0.1) is 18.8 Å². The Morgan fingerprint density at radius 3 is 2.37 bits per heavy atom. The maximum absolute atomic E-state index is 12.4. The quantitative estimate of drug-likeness (QED) is 0.838. The minimum atomic E-state index is 0.0750. The van der Waals surface area contributed by atoms with Gasteiger partial charge in [-0.3, -0.25) is 4.79 Å². The lowest BCUT2D eigenvalue weighted by molar-refractivity contribution is -0.0586. The van der Waals surface area contributed by atoms with Crippen LogP contribution in [0.15, 0.2) is 24.3 Å². The molecule has 2 unspecified atom stereocenters. The average molecular weight is 263 g/mol. The fourth-order valence-electron chi connectivity index (χ4n) is 2.44. The molecule has 1 fully saturated rings. The Hall–Kier alpha value is -1.39. The fraction of sp³-hybridized carbons (Fsp3) is 0.533. The number of nitrogens with zero attached hydrogens (tertiary/aromatic N) is 1. The maximum atomic E-state index is 12.4. The number of rotatable bonds is 3.